The fourth-order valence-electron chi connectivity index (χ4n) is 3.10. The minimum absolute atomic E-state index is 0.283. The van der Waals surface area contributed by atoms with Crippen LogP contribution in [0.5, 0.6) is 0 Å². The van der Waals surface area contributed by atoms with Crippen LogP contribution in [0.4, 0.5) is 17.3 Å². The van der Waals surface area contributed by atoms with Gasteiger partial charge in [0.05, 0.1) is 0 Å². The predicted molar refractivity (Wildman–Crippen MR) is 105 cm³/mol. The zero-order valence-corrected chi connectivity index (χ0v) is 14.8. The van der Waals surface area contributed by atoms with E-state index >= 15 is 0 Å². The van der Waals surface area contributed by atoms with Gasteiger partial charge in [-0.05, 0) is 24.3 Å². The summed E-state index contributed by atoms with van der Waals surface area (Å²) in [6.07, 6.45) is 3.07. The van der Waals surface area contributed by atoms with E-state index in [1.807, 2.05) is 6.07 Å². The van der Waals surface area contributed by atoms with Crippen molar-refractivity contribution < 1.29 is 4.79 Å². The van der Waals surface area contributed by atoms with E-state index in [9.17, 15) is 4.79 Å². The third-order valence-corrected chi connectivity index (χ3v) is 4.52. The van der Waals surface area contributed by atoms with Crippen molar-refractivity contribution in [1.29, 1.82) is 0 Å². The van der Waals surface area contributed by atoms with E-state index in [2.05, 4.69) is 54.3 Å². The molecule has 1 saturated heterocycles. The van der Waals surface area contributed by atoms with Gasteiger partial charge >= 0.3 is 0 Å². The quantitative estimate of drug-likeness (QED) is 0.770. The summed E-state index contributed by atoms with van der Waals surface area (Å²) < 4.78 is 0. The smallest absolute Gasteiger partial charge is 0.275 e. The summed E-state index contributed by atoms with van der Waals surface area (Å²) in [6.45, 7) is 3.56. The van der Waals surface area contributed by atoms with E-state index in [4.69, 9.17) is 0 Å². The summed E-state index contributed by atoms with van der Waals surface area (Å²) in [5.74, 6) is 1.00. The number of amides is 1. The number of hydrogen-bond donors (Lipinski definition) is 1. The Balaban J connectivity index is 1.40. The number of aromatic nitrogens is 3. The average molecular weight is 360 g/mol. The van der Waals surface area contributed by atoms with Crippen LogP contribution in [-0.2, 0) is 0 Å². The Morgan fingerprint density at radius 2 is 1.59 bits per heavy atom. The van der Waals surface area contributed by atoms with Gasteiger partial charge < -0.3 is 15.1 Å². The van der Waals surface area contributed by atoms with Crippen LogP contribution in [0.3, 0.4) is 0 Å². The maximum absolute atomic E-state index is 12.2. The summed E-state index contributed by atoms with van der Waals surface area (Å²) in [4.78, 5) is 29.4. The van der Waals surface area contributed by atoms with E-state index < -0.39 is 0 Å². The maximum atomic E-state index is 12.2. The highest BCUT2D eigenvalue weighted by Crippen LogP contribution is 2.20. The second-order valence-corrected chi connectivity index (χ2v) is 6.24. The average Bonchev–Trinajstić information content (AvgIpc) is 2.75. The zero-order chi connectivity index (χ0) is 18.5. The molecule has 1 fully saturated rings. The van der Waals surface area contributed by atoms with Gasteiger partial charge in [0.1, 0.15) is 23.7 Å². The summed E-state index contributed by atoms with van der Waals surface area (Å²) >= 11 is 0. The molecular weight excluding hydrogens is 340 g/mol. The molecule has 3 aromatic rings. The fourth-order valence-corrected chi connectivity index (χ4v) is 3.10. The van der Waals surface area contributed by atoms with Gasteiger partial charge in [-0.2, -0.15) is 0 Å². The van der Waals surface area contributed by atoms with E-state index in [0.717, 1.165) is 32.0 Å². The standard InChI is InChI=1S/C20H20N6O/c27-20(17-8-4-5-9-21-17)24-18-14-19(23-15-22-18)26-12-10-25(11-13-26)16-6-2-1-3-7-16/h1-9,14-15H,10-13H2,(H,22,23,24,27). The first kappa shape index (κ1) is 17.0. The molecule has 1 aliphatic rings. The topological polar surface area (TPSA) is 74.2 Å². The van der Waals surface area contributed by atoms with Gasteiger partial charge in [0, 0.05) is 44.1 Å². The lowest BCUT2D eigenvalue weighted by Crippen LogP contribution is -2.46. The summed E-state index contributed by atoms with van der Waals surface area (Å²) in [5, 5.41) is 2.78. The van der Waals surface area contributed by atoms with Gasteiger partial charge in [0.15, 0.2) is 0 Å². The molecule has 136 valence electrons. The van der Waals surface area contributed by atoms with Crippen molar-refractivity contribution in [2.24, 2.45) is 0 Å². The number of carbonyl (C=O) groups is 1. The number of nitrogens with one attached hydrogen (secondary N) is 1. The SMILES string of the molecule is O=C(Nc1cc(N2CCN(c3ccccc3)CC2)ncn1)c1ccccn1. The van der Waals surface area contributed by atoms with Gasteiger partial charge in [0.25, 0.3) is 5.91 Å². The van der Waals surface area contributed by atoms with Crippen LogP contribution in [0, 0.1) is 0 Å². The number of hydrogen-bond acceptors (Lipinski definition) is 6. The predicted octanol–water partition coefficient (Wildman–Crippen LogP) is 2.45. The molecule has 7 nitrogen and oxygen atoms in total. The number of benzene rings is 1. The highest BCUT2D eigenvalue weighted by atomic mass is 16.1. The number of para-hydroxylation sites is 1. The molecule has 0 unspecified atom stereocenters. The molecule has 7 heteroatoms. The largest absolute Gasteiger partial charge is 0.368 e. The normalized spacial score (nSPS) is 14.1. The van der Waals surface area contributed by atoms with Crippen molar-refractivity contribution in [1.82, 2.24) is 15.0 Å². The Labute approximate surface area is 157 Å². The lowest BCUT2D eigenvalue weighted by atomic mass is 10.2. The van der Waals surface area contributed by atoms with Gasteiger partial charge in [-0.25, -0.2) is 9.97 Å². The molecular formula is C20H20N6O. The third-order valence-electron chi connectivity index (χ3n) is 4.52. The Morgan fingerprint density at radius 1 is 0.852 bits per heavy atom. The third kappa shape index (κ3) is 4.03. The minimum Gasteiger partial charge on any atom is -0.368 e. The summed E-state index contributed by atoms with van der Waals surface area (Å²) in [5.41, 5.74) is 1.59. The van der Waals surface area contributed by atoms with E-state index in [1.54, 1.807) is 30.5 Å². The molecule has 0 atom stereocenters. The van der Waals surface area contributed by atoms with Crippen molar-refractivity contribution in [2.75, 3.05) is 41.3 Å². The molecule has 1 aliphatic heterocycles. The van der Waals surface area contributed by atoms with Crippen molar-refractivity contribution in [3.63, 3.8) is 0 Å². The van der Waals surface area contributed by atoms with Crippen LogP contribution in [0.2, 0.25) is 0 Å². The van der Waals surface area contributed by atoms with Crippen LogP contribution in [0.15, 0.2) is 67.1 Å². The molecule has 0 spiro atoms. The Morgan fingerprint density at radius 3 is 2.33 bits per heavy atom. The number of rotatable bonds is 4. The lowest BCUT2D eigenvalue weighted by Gasteiger charge is -2.36. The molecule has 1 N–H and O–H groups in total. The summed E-state index contributed by atoms with van der Waals surface area (Å²) in [7, 11) is 0. The molecule has 0 radical (unpaired) electrons. The van der Waals surface area contributed by atoms with Gasteiger partial charge in [-0.15, -0.1) is 0 Å². The monoisotopic (exact) mass is 360 g/mol. The van der Waals surface area contributed by atoms with Crippen molar-refractivity contribution in [2.45, 2.75) is 0 Å². The fraction of sp³-hybridized carbons (Fsp3) is 0.200. The van der Waals surface area contributed by atoms with Gasteiger partial charge in [0.2, 0.25) is 0 Å². The minimum atomic E-state index is -0.283. The second kappa shape index (κ2) is 7.82. The number of anilines is 3. The molecule has 0 aliphatic carbocycles. The molecule has 0 saturated carbocycles. The number of nitrogens with zero attached hydrogens (tertiary/aromatic N) is 5. The van der Waals surface area contributed by atoms with Crippen LogP contribution in [-0.4, -0.2) is 47.0 Å². The Kier molecular flexibility index (Phi) is 4.91. The van der Waals surface area contributed by atoms with E-state index in [0.29, 0.717) is 11.5 Å². The van der Waals surface area contributed by atoms with Gasteiger partial charge in [-0.1, -0.05) is 24.3 Å². The molecule has 27 heavy (non-hydrogen) atoms. The molecule has 1 amide bonds. The molecule has 4 rings (SSSR count). The molecule has 3 heterocycles. The molecule has 1 aromatic carbocycles. The first-order chi connectivity index (χ1) is 13.3. The maximum Gasteiger partial charge on any atom is 0.275 e. The first-order valence-electron chi connectivity index (χ1n) is 8.89. The van der Waals surface area contributed by atoms with Gasteiger partial charge in [-0.3, -0.25) is 9.78 Å². The number of carbonyl (C=O) groups excluding carboxylic acids is 1. The van der Waals surface area contributed by atoms with E-state index in [1.165, 1.54) is 12.0 Å². The molecule has 2 aromatic heterocycles. The molecule has 0 bridgehead atoms. The Bertz CT molecular complexity index is 895. The van der Waals surface area contributed by atoms with Crippen molar-refractivity contribution in [3.05, 3.63) is 72.8 Å². The second-order valence-electron chi connectivity index (χ2n) is 6.24. The van der Waals surface area contributed by atoms with Crippen LogP contribution in [0.1, 0.15) is 10.5 Å². The van der Waals surface area contributed by atoms with Crippen LogP contribution >= 0.6 is 0 Å². The van der Waals surface area contributed by atoms with Crippen LogP contribution < -0.4 is 15.1 Å². The summed E-state index contributed by atoms with van der Waals surface area (Å²) in [6, 6.07) is 17.4. The van der Waals surface area contributed by atoms with Crippen molar-refractivity contribution in [3.8, 4) is 0 Å². The first-order valence-corrected chi connectivity index (χ1v) is 8.89. The van der Waals surface area contributed by atoms with E-state index in [-0.39, 0.29) is 5.91 Å². The van der Waals surface area contributed by atoms with Crippen molar-refractivity contribution >= 4 is 23.2 Å². The highest BCUT2D eigenvalue weighted by molar-refractivity contribution is 6.02. The number of piperazine rings is 1. The zero-order valence-electron chi connectivity index (χ0n) is 14.8. The van der Waals surface area contributed by atoms with Crippen LogP contribution in [0.25, 0.3) is 0 Å². The highest BCUT2D eigenvalue weighted by Gasteiger charge is 2.19. The number of pyridine rings is 1. The Hall–Kier alpha value is -3.48. The lowest BCUT2D eigenvalue weighted by molar-refractivity contribution is 0.102.